The van der Waals surface area contributed by atoms with Gasteiger partial charge in [-0.05, 0) is 46.7 Å². The van der Waals surface area contributed by atoms with Crippen LogP contribution in [0.3, 0.4) is 0 Å². The van der Waals surface area contributed by atoms with E-state index in [1.54, 1.807) is 25.6 Å². The van der Waals surface area contributed by atoms with E-state index in [2.05, 4.69) is 51.4 Å². The molecule has 0 spiro atoms. The highest BCUT2D eigenvalue weighted by molar-refractivity contribution is 7.08. The lowest BCUT2D eigenvalue weighted by Gasteiger charge is -2.37. The molecule has 6 nitrogen and oxygen atoms in total. The average Bonchev–Trinajstić information content (AvgIpc) is 3.51. The lowest BCUT2D eigenvalue weighted by Crippen LogP contribution is -2.35. The van der Waals surface area contributed by atoms with Crippen LogP contribution in [-0.2, 0) is 13.0 Å². The number of hydrogen-bond acceptors (Lipinski definition) is 7. The minimum absolute atomic E-state index is 0.0567. The molecule has 5 rings (SSSR count). The zero-order valence-electron chi connectivity index (χ0n) is 17.4. The fourth-order valence-corrected chi connectivity index (χ4v) is 4.83. The number of hydrogen-bond donors (Lipinski definition) is 0. The monoisotopic (exact) mass is 433 g/mol. The second-order valence-electron chi connectivity index (χ2n) is 7.46. The van der Waals surface area contributed by atoms with Crippen molar-refractivity contribution >= 4 is 11.3 Å². The lowest BCUT2D eigenvalue weighted by atomic mass is 9.87. The van der Waals surface area contributed by atoms with Crippen LogP contribution in [0.5, 0.6) is 11.5 Å². The molecule has 31 heavy (non-hydrogen) atoms. The van der Waals surface area contributed by atoms with Gasteiger partial charge < -0.3 is 14.0 Å². The van der Waals surface area contributed by atoms with Crippen molar-refractivity contribution in [3.8, 4) is 22.9 Å². The number of aromatic nitrogens is 2. The lowest BCUT2D eigenvalue weighted by molar-refractivity contribution is 0.177. The summed E-state index contributed by atoms with van der Waals surface area (Å²) in [6.45, 7) is 1.45. The van der Waals surface area contributed by atoms with Crippen molar-refractivity contribution < 1.29 is 14.0 Å². The summed E-state index contributed by atoms with van der Waals surface area (Å²) in [5, 5.41) is 8.21. The van der Waals surface area contributed by atoms with Gasteiger partial charge in [0.15, 0.2) is 11.5 Å². The molecular weight excluding hydrogens is 410 g/mol. The number of fused-ring (bicyclic) bond motifs is 1. The third kappa shape index (κ3) is 3.82. The van der Waals surface area contributed by atoms with E-state index >= 15 is 0 Å². The van der Waals surface area contributed by atoms with Crippen molar-refractivity contribution in [1.29, 1.82) is 0 Å². The quantitative estimate of drug-likeness (QED) is 0.428. The van der Waals surface area contributed by atoms with E-state index in [0.29, 0.717) is 18.3 Å². The zero-order valence-corrected chi connectivity index (χ0v) is 18.3. The minimum Gasteiger partial charge on any atom is -0.493 e. The van der Waals surface area contributed by atoms with Crippen molar-refractivity contribution in [2.24, 2.45) is 0 Å². The first kappa shape index (κ1) is 19.8. The summed E-state index contributed by atoms with van der Waals surface area (Å²) >= 11 is 1.62. The molecule has 158 valence electrons. The standard InChI is InChI=1S/C24H23N3O3S/c1-28-20-12-17-8-10-27(14-22-25-24(26-30-22)18-9-11-31-15-18)23(16-6-4-3-5-7-16)19(17)13-21(20)29-2/h3-7,9,11-13,15,23H,8,10,14H2,1-2H3. The van der Waals surface area contributed by atoms with E-state index in [0.717, 1.165) is 30.0 Å². The maximum atomic E-state index is 5.60. The van der Waals surface area contributed by atoms with Crippen LogP contribution in [0.1, 0.15) is 28.6 Å². The van der Waals surface area contributed by atoms with Crippen LogP contribution in [0.15, 0.2) is 63.8 Å². The third-order valence-corrected chi connectivity index (χ3v) is 6.36. The summed E-state index contributed by atoms with van der Waals surface area (Å²) in [4.78, 5) is 7.02. The van der Waals surface area contributed by atoms with Gasteiger partial charge in [-0.15, -0.1) is 0 Å². The maximum Gasteiger partial charge on any atom is 0.241 e. The van der Waals surface area contributed by atoms with Gasteiger partial charge >= 0.3 is 0 Å². The van der Waals surface area contributed by atoms with Gasteiger partial charge in [0.2, 0.25) is 11.7 Å². The molecule has 1 aliphatic heterocycles. The first-order valence-electron chi connectivity index (χ1n) is 10.2. The maximum absolute atomic E-state index is 5.60. The van der Waals surface area contributed by atoms with Crippen LogP contribution >= 0.6 is 11.3 Å². The normalized spacial score (nSPS) is 16.1. The third-order valence-electron chi connectivity index (χ3n) is 5.67. The molecule has 1 aliphatic rings. The molecule has 0 fully saturated rings. The molecular formula is C24H23N3O3S. The number of thiophene rings is 1. The largest absolute Gasteiger partial charge is 0.493 e. The van der Waals surface area contributed by atoms with Crippen molar-refractivity contribution in [2.75, 3.05) is 20.8 Å². The molecule has 4 aromatic rings. The van der Waals surface area contributed by atoms with Gasteiger partial charge in [-0.3, -0.25) is 4.90 Å². The van der Waals surface area contributed by atoms with Crippen molar-refractivity contribution in [3.63, 3.8) is 0 Å². The molecule has 2 aromatic heterocycles. The highest BCUT2D eigenvalue weighted by Crippen LogP contribution is 2.41. The zero-order chi connectivity index (χ0) is 21.2. The number of nitrogens with zero attached hydrogens (tertiary/aromatic N) is 3. The Morgan fingerprint density at radius 2 is 1.90 bits per heavy atom. The Balaban J connectivity index is 1.52. The van der Waals surface area contributed by atoms with Crippen LogP contribution in [0.4, 0.5) is 0 Å². The van der Waals surface area contributed by atoms with Crippen LogP contribution < -0.4 is 9.47 Å². The molecule has 3 heterocycles. The van der Waals surface area contributed by atoms with E-state index < -0.39 is 0 Å². The van der Waals surface area contributed by atoms with E-state index in [4.69, 9.17) is 14.0 Å². The molecule has 2 aromatic carbocycles. The Labute approximate surface area is 185 Å². The van der Waals surface area contributed by atoms with Crippen LogP contribution in [-0.4, -0.2) is 35.8 Å². The second kappa shape index (κ2) is 8.53. The second-order valence-corrected chi connectivity index (χ2v) is 8.24. The van der Waals surface area contributed by atoms with Gasteiger partial charge in [0, 0.05) is 17.5 Å². The van der Waals surface area contributed by atoms with Gasteiger partial charge in [-0.2, -0.15) is 16.3 Å². The molecule has 0 aliphatic carbocycles. The van der Waals surface area contributed by atoms with Crippen molar-refractivity contribution in [2.45, 2.75) is 19.0 Å². The Kier molecular flexibility index (Phi) is 5.44. The number of methoxy groups -OCH3 is 2. The van der Waals surface area contributed by atoms with E-state index in [1.165, 1.54) is 16.7 Å². The average molecular weight is 434 g/mol. The first-order chi connectivity index (χ1) is 15.3. The summed E-state index contributed by atoms with van der Waals surface area (Å²) in [7, 11) is 3.35. The Morgan fingerprint density at radius 3 is 2.65 bits per heavy atom. The molecule has 0 saturated carbocycles. The van der Waals surface area contributed by atoms with Gasteiger partial charge in [-0.1, -0.05) is 35.5 Å². The molecule has 1 atom stereocenters. The molecule has 0 N–H and O–H groups in total. The van der Waals surface area contributed by atoms with E-state index in [9.17, 15) is 0 Å². The van der Waals surface area contributed by atoms with Gasteiger partial charge in [0.25, 0.3) is 0 Å². The summed E-state index contributed by atoms with van der Waals surface area (Å²) in [6.07, 6.45) is 0.907. The van der Waals surface area contributed by atoms with Crippen LogP contribution in [0.25, 0.3) is 11.4 Å². The van der Waals surface area contributed by atoms with E-state index in [-0.39, 0.29) is 6.04 Å². The molecule has 0 saturated heterocycles. The first-order valence-corrected chi connectivity index (χ1v) is 11.1. The highest BCUT2D eigenvalue weighted by atomic mass is 32.1. The Hall–Kier alpha value is -3.16. The van der Waals surface area contributed by atoms with Gasteiger partial charge in [0.1, 0.15) is 0 Å². The number of benzene rings is 2. The number of rotatable bonds is 6. The van der Waals surface area contributed by atoms with E-state index in [1.807, 2.05) is 22.9 Å². The predicted molar refractivity (Wildman–Crippen MR) is 120 cm³/mol. The number of ether oxygens (including phenoxy) is 2. The molecule has 0 radical (unpaired) electrons. The van der Waals surface area contributed by atoms with Crippen LogP contribution in [0.2, 0.25) is 0 Å². The summed E-state index contributed by atoms with van der Waals surface area (Å²) in [6, 6.07) is 16.8. The highest BCUT2D eigenvalue weighted by Gasteiger charge is 2.31. The summed E-state index contributed by atoms with van der Waals surface area (Å²) in [5.74, 6) is 2.75. The Morgan fingerprint density at radius 1 is 1.10 bits per heavy atom. The van der Waals surface area contributed by atoms with Crippen LogP contribution in [0, 0.1) is 0 Å². The minimum atomic E-state index is 0.0567. The Bertz CT molecular complexity index is 1160. The van der Waals surface area contributed by atoms with Gasteiger partial charge in [0.05, 0.1) is 26.8 Å². The SMILES string of the molecule is COc1cc2c(cc1OC)C(c1ccccc1)N(Cc1nc(-c3ccsc3)no1)CC2. The van der Waals surface area contributed by atoms with Gasteiger partial charge in [-0.25, -0.2) is 0 Å². The molecule has 7 heteroatoms. The fourth-order valence-electron chi connectivity index (χ4n) is 4.20. The molecule has 0 bridgehead atoms. The van der Waals surface area contributed by atoms with Crippen molar-refractivity contribution in [1.82, 2.24) is 15.0 Å². The fraction of sp³-hybridized carbons (Fsp3) is 0.250. The molecule has 1 unspecified atom stereocenters. The predicted octanol–water partition coefficient (Wildman–Crippen LogP) is 4.96. The summed E-state index contributed by atoms with van der Waals surface area (Å²) in [5.41, 5.74) is 4.69. The van der Waals surface area contributed by atoms with Crippen molar-refractivity contribution in [3.05, 3.63) is 81.9 Å². The summed E-state index contributed by atoms with van der Waals surface area (Å²) < 4.78 is 16.7. The smallest absolute Gasteiger partial charge is 0.241 e. The topological polar surface area (TPSA) is 60.6 Å². The molecule has 0 amide bonds.